The van der Waals surface area contributed by atoms with Crippen molar-refractivity contribution in [3.8, 4) is 0 Å². The predicted molar refractivity (Wildman–Crippen MR) is 92.3 cm³/mol. The first-order valence-corrected chi connectivity index (χ1v) is 8.04. The summed E-state index contributed by atoms with van der Waals surface area (Å²) in [6, 6.07) is 8.60. The third-order valence-corrected chi connectivity index (χ3v) is 4.22. The zero-order chi connectivity index (χ0) is 16.2. The molecule has 0 atom stereocenters. The van der Waals surface area contributed by atoms with Gasteiger partial charge in [0.15, 0.2) is 5.96 Å². The number of nitrogens with two attached hydrogens (primary N) is 1. The van der Waals surface area contributed by atoms with Crippen LogP contribution in [0.5, 0.6) is 0 Å². The summed E-state index contributed by atoms with van der Waals surface area (Å²) in [5.74, 6) is 0.520. The lowest BCUT2D eigenvalue weighted by atomic mass is 9.72. The van der Waals surface area contributed by atoms with Crippen molar-refractivity contribution in [2.75, 3.05) is 19.8 Å². The van der Waals surface area contributed by atoms with Gasteiger partial charge in [0, 0.05) is 24.2 Å². The second-order valence-corrected chi connectivity index (χ2v) is 7.28. The molecule has 0 aromatic heterocycles. The third-order valence-electron chi connectivity index (χ3n) is 4.22. The highest BCUT2D eigenvalue weighted by molar-refractivity contribution is 5.78. The Hall–Kier alpha value is -1.55. The van der Waals surface area contributed by atoms with Crippen molar-refractivity contribution in [2.24, 2.45) is 10.7 Å². The van der Waals surface area contributed by atoms with Gasteiger partial charge in [-0.3, -0.25) is 4.99 Å². The van der Waals surface area contributed by atoms with Crippen LogP contribution in [0, 0.1) is 6.92 Å². The Labute approximate surface area is 134 Å². The van der Waals surface area contributed by atoms with Crippen LogP contribution in [0.3, 0.4) is 0 Å². The lowest BCUT2D eigenvalue weighted by Crippen LogP contribution is -2.46. The number of ether oxygens (including phenoxy) is 1. The Morgan fingerprint density at radius 3 is 2.50 bits per heavy atom. The topological polar surface area (TPSA) is 59.6 Å². The highest BCUT2D eigenvalue weighted by Gasteiger charge is 2.35. The van der Waals surface area contributed by atoms with Crippen molar-refractivity contribution in [1.82, 2.24) is 5.32 Å². The van der Waals surface area contributed by atoms with Gasteiger partial charge in [-0.2, -0.15) is 0 Å². The van der Waals surface area contributed by atoms with Gasteiger partial charge < -0.3 is 15.8 Å². The van der Waals surface area contributed by atoms with E-state index in [0.29, 0.717) is 12.5 Å². The summed E-state index contributed by atoms with van der Waals surface area (Å²) in [7, 11) is 0. The minimum Gasteiger partial charge on any atom is -0.381 e. The van der Waals surface area contributed by atoms with Gasteiger partial charge in [-0.15, -0.1) is 0 Å². The molecule has 2 rings (SSSR count). The zero-order valence-electron chi connectivity index (χ0n) is 14.3. The number of nitrogens with one attached hydrogen (secondary N) is 1. The van der Waals surface area contributed by atoms with Crippen molar-refractivity contribution in [2.45, 2.75) is 51.5 Å². The first-order valence-electron chi connectivity index (χ1n) is 8.04. The SMILES string of the molecule is Cc1ccccc1C1(CN=C(N)NC(C)(C)C)CCOCC1. The average Bonchev–Trinajstić information content (AvgIpc) is 2.45. The molecule has 1 aromatic carbocycles. The molecule has 1 aromatic rings. The van der Waals surface area contributed by atoms with Crippen molar-refractivity contribution >= 4 is 5.96 Å². The number of guanidine groups is 1. The number of aryl methyl sites for hydroxylation is 1. The van der Waals surface area contributed by atoms with Gasteiger partial charge in [-0.1, -0.05) is 24.3 Å². The minimum absolute atomic E-state index is 0.0355. The van der Waals surface area contributed by atoms with Crippen LogP contribution in [0.2, 0.25) is 0 Å². The molecule has 1 heterocycles. The lowest BCUT2D eigenvalue weighted by molar-refractivity contribution is 0.0529. The van der Waals surface area contributed by atoms with Gasteiger partial charge >= 0.3 is 0 Å². The van der Waals surface area contributed by atoms with E-state index < -0.39 is 0 Å². The number of hydrogen-bond acceptors (Lipinski definition) is 2. The molecule has 22 heavy (non-hydrogen) atoms. The Morgan fingerprint density at radius 1 is 1.27 bits per heavy atom. The molecule has 4 heteroatoms. The Balaban J connectivity index is 2.24. The maximum absolute atomic E-state index is 6.06. The number of rotatable bonds is 3. The largest absolute Gasteiger partial charge is 0.381 e. The van der Waals surface area contributed by atoms with Gasteiger partial charge in [-0.25, -0.2) is 0 Å². The van der Waals surface area contributed by atoms with E-state index in [1.165, 1.54) is 11.1 Å². The Morgan fingerprint density at radius 2 is 1.91 bits per heavy atom. The summed E-state index contributed by atoms with van der Waals surface area (Å²) >= 11 is 0. The quantitative estimate of drug-likeness (QED) is 0.667. The first kappa shape index (κ1) is 16.8. The van der Waals surface area contributed by atoms with E-state index in [1.807, 2.05) is 0 Å². The maximum atomic E-state index is 6.06. The molecular weight excluding hydrogens is 274 g/mol. The van der Waals surface area contributed by atoms with Crippen molar-refractivity contribution in [3.05, 3.63) is 35.4 Å². The van der Waals surface area contributed by atoms with E-state index in [-0.39, 0.29) is 11.0 Å². The van der Waals surface area contributed by atoms with Gasteiger partial charge in [0.1, 0.15) is 0 Å². The molecule has 0 amide bonds. The van der Waals surface area contributed by atoms with Crippen molar-refractivity contribution in [1.29, 1.82) is 0 Å². The second kappa shape index (κ2) is 6.69. The molecule has 0 spiro atoms. The molecule has 1 saturated heterocycles. The molecule has 0 aliphatic carbocycles. The van der Waals surface area contributed by atoms with Gasteiger partial charge in [0.2, 0.25) is 0 Å². The number of nitrogens with zero attached hydrogens (tertiary/aromatic N) is 1. The molecular formula is C18H29N3O. The summed E-state index contributed by atoms with van der Waals surface area (Å²) < 4.78 is 5.58. The van der Waals surface area contributed by atoms with Gasteiger partial charge in [-0.05, 0) is 51.7 Å². The van der Waals surface area contributed by atoms with Crippen LogP contribution in [0.4, 0.5) is 0 Å². The summed E-state index contributed by atoms with van der Waals surface area (Å²) in [6.07, 6.45) is 1.98. The molecule has 1 aliphatic rings. The normalized spacial score (nSPS) is 19.0. The number of benzene rings is 1. The second-order valence-electron chi connectivity index (χ2n) is 7.28. The molecule has 1 fully saturated rings. The minimum atomic E-state index is -0.0704. The fraction of sp³-hybridized carbons (Fsp3) is 0.611. The van der Waals surface area contributed by atoms with E-state index in [4.69, 9.17) is 10.5 Å². The van der Waals surface area contributed by atoms with Crippen LogP contribution in [0.25, 0.3) is 0 Å². The highest BCUT2D eigenvalue weighted by Crippen LogP contribution is 2.36. The van der Waals surface area contributed by atoms with E-state index in [2.05, 4.69) is 62.3 Å². The lowest BCUT2D eigenvalue weighted by Gasteiger charge is -2.37. The van der Waals surface area contributed by atoms with Crippen LogP contribution >= 0.6 is 0 Å². The van der Waals surface area contributed by atoms with Crippen molar-refractivity contribution in [3.63, 3.8) is 0 Å². The Kier molecular flexibility index (Phi) is 5.12. The van der Waals surface area contributed by atoms with Crippen LogP contribution in [0.15, 0.2) is 29.3 Å². The van der Waals surface area contributed by atoms with Crippen LogP contribution in [-0.2, 0) is 10.2 Å². The molecule has 4 nitrogen and oxygen atoms in total. The Bertz CT molecular complexity index is 525. The summed E-state index contributed by atoms with van der Waals surface area (Å²) in [5.41, 5.74) is 8.73. The van der Waals surface area contributed by atoms with E-state index in [0.717, 1.165) is 26.1 Å². The zero-order valence-corrected chi connectivity index (χ0v) is 14.3. The third kappa shape index (κ3) is 4.23. The summed E-state index contributed by atoms with van der Waals surface area (Å²) in [6.45, 7) is 10.7. The summed E-state index contributed by atoms with van der Waals surface area (Å²) in [4.78, 5) is 4.65. The molecule has 3 N–H and O–H groups in total. The standard InChI is InChI=1S/C18H29N3O/c1-14-7-5-6-8-15(14)18(9-11-22-12-10-18)13-20-16(19)21-17(2,3)4/h5-8H,9-13H2,1-4H3,(H3,19,20,21). The molecule has 0 bridgehead atoms. The van der Waals surface area contributed by atoms with E-state index in [1.54, 1.807) is 0 Å². The van der Waals surface area contributed by atoms with E-state index >= 15 is 0 Å². The number of aliphatic imine (C=N–C) groups is 1. The van der Waals surface area contributed by atoms with Crippen LogP contribution in [-0.4, -0.2) is 31.3 Å². The molecule has 1 aliphatic heterocycles. The maximum Gasteiger partial charge on any atom is 0.189 e. The number of hydrogen-bond donors (Lipinski definition) is 2. The molecule has 0 saturated carbocycles. The van der Waals surface area contributed by atoms with Crippen molar-refractivity contribution < 1.29 is 4.74 Å². The average molecular weight is 303 g/mol. The molecule has 0 radical (unpaired) electrons. The monoisotopic (exact) mass is 303 g/mol. The fourth-order valence-corrected chi connectivity index (χ4v) is 3.10. The summed E-state index contributed by atoms with van der Waals surface area (Å²) in [5, 5.41) is 3.24. The van der Waals surface area contributed by atoms with Gasteiger partial charge in [0.05, 0.1) is 6.54 Å². The predicted octanol–water partition coefficient (Wildman–Crippen LogP) is 2.75. The van der Waals surface area contributed by atoms with Crippen LogP contribution < -0.4 is 11.1 Å². The highest BCUT2D eigenvalue weighted by atomic mass is 16.5. The first-order chi connectivity index (χ1) is 10.3. The van der Waals surface area contributed by atoms with Gasteiger partial charge in [0.25, 0.3) is 0 Å². The van der Waals surface area contributed by atoms with E-state index in [9.17, 15) is 0 Å². The smallest absolute Gasteiger partial charge is 0.189 e. The molecule has 122 valence electrons. The fourth-order valence-electron chi connectivity index (χ4n) is 3.10. The molecule has 0 unspecified atom stereocenters. The van der Waals surface area contributed by atoms with Crippen LogP contribution in [0.1, 0.15) is 44.7 Å².